The molecule has 2 unspecified atom stereocenters. The maximum Gasteiger partial charge on any atom is 0.0784 e. The first kappa shape index (κ1) is 8.79. The minimum Gasteiger partial charge on any atom is -0.374 e. The summed E-state index contributed by atoms with van der Waals surface area (Å²) >= 11 is 0. The minimum atomic E-state index is 0.406. The third-order valence-corrected chi connectivity index (χ3v) is 2.33. The van der Waals surface area contributed by atoms with Crippen LogP contribution in [0.3, 0.4) is 0 Å². The maximum atomic E-state index is 5.60. The van der Waals surface area contributed by atoms with Crippen molar-refractivity contribution >= 4 is 0 Å². The zero-order valence-electron chi connectivity index (χ0n) is 7.76. The largest absolute Gasteiger partial charge is 0.374 e. The lowest BCUT2D eigenvalue weighted by molar-refractivity contribution is 0.0667. The first-order chi connectivity index (χ1) is 5.24. The number of rotatable bonds is 2. The molecule has 11 heavy (non-hydrogen) atoms. The fraction of sp³-hybridized carbons (Fsp3) is 0.800. The van der Waals surface area contributed by atoms with E-state index in [0.717, 1.165) is 12.5 Å². The van der Waals surface area contributed by atoms with Crippen LogP contribution in [0.5, 0.6) is 0 Å². The Morgan fingerprint density at radius 3 is 3.00 bits per heavy atom. The molecule has 1 nitrogen and oxygen atoms in total. The van der Waals surface area contributed by atoms with Crippen molar-refractivity contribution in [3.05, 3.63) is 11.6 Å². The molecule has 0 amide bonds. The van der Waals surface area contributed by atoms with Crippen molar-refractivity contribution < 1.29 is 4.74 Å². The Balaban J connectivity index is 2.49. The van der Waals surface area contributed by atoms with Gasteiger partial charge in [0, 0.05) is 6.61 Å². The van der Waals surface area contributed by atoms with E-state index in [-0.39, 0.29) is 0 Å². The molecule has 0 spiro atoms. The monoisotopic (exact) mass is 154 g/mol. The van der Waals surface area contributed by atoms with Crippen LogP contribution in [0.15, 0.2) is 11.6 Å². The van der Waals surface area contributed by atoms with E-state index < -0.39 is 0 Å². The third kappa shape index (κ3) is 2.33. The zero-order valence-corrected chi connectivity index (χ0v) is 7.76. The van der Waals surface area contributed by atoms with Crippen molar-refractivity contribution in [3.8, 4) is 0 Å². The van der Waals surface area contributed by atoms with Crippen molar-refractivity contribution in [1.82, 2.24) is 0 Å². The Morgan fingerprint density at radius 2 is 2.36 bits per heavy atom. The molecule has 64 valence electrons. The highest BCUT2D eigenvalue weighted by Crippen LogP contribution is 2.25. The summed E-state index contributed by atoms with van der Waals surface area (Å²) in [5, 5.41) is 0. The van der Waals surface area contributed by atoms with Crippen LogP contribution in [0.25, 0.3) is 0 Å². The van der Waals surface area contributed by atoms with Gasteiger partial charge in [-0.05, 0) is 38.2 Å². The van der Waals surface area contributed by atoms with Gasteiger partial charge in [-0.1, -0.05) is 13.0 Å². The molecule has 0 saturated carbocycles. The first-order valence-corrected chi connectivity index (χ1v) is 4.52. The number of hydrogen-bond acceptors (Lipinski definition) is 1. The molecule has 1 rings (SSSR count). The van der Waals surface area contributed by atoms with Gasteiger partial charge in [0.1, 0.15) is 0 Å². The average Bonchev–Trinajstić information content (AvgIpc) is 1.98. The van der Waals surface area contributed by atoms with Gasteiger partial charge in [-0.25, -0.2) is 0 Å². The molecule has 1 aliphatic rings. The van der Waals surface area contributed by atoms with Crippen LogP contribution in [-0.2, 0) is 4.74 Å². The minimum absolute atomic E-state index is 0.406. The summed E-state index contributed by atoms with van der Waals surface area (Å²) in [4.78, 5) is 0. The van der Waals surface area contributed by atoms with E-state index in [0.29, 0.717) is 6.10 Å². The molecule has 0 bridgehead atoms. The molecular weight excluding hydrogens is 136 g/mol. The Morgan fingerprint density at radius 1 is 1.64 bits per heavy atom. The van der Waals surface area contributed by atoms with E-state index in [4.69, 9.17) is 4.74 Å². The van der Waals surface area contributed by atoms with Crippen LogP contribution in [-0.4, -0.2) is 12.7 Å². The second kappa shape index (κ2) is 3.91. The summed E-state index contributed by atoms with van der Waals surface area (Å²) in [6.45, 7) is 7.36. The summed E-state index contributed by atoms with van der Waals surface area (Å²) in [5.41, 5.74) is 1.42. The van der Waals surface area contributed by atoms with Crippen LogP contribution in [0.1, 0.15) is 33.6 Å². The number of allylic oxidation sites excluding steroid dienone is 1. The molecule has 0 fully saturated rings. The summed E-state index contributed by atoms with van der Waals surface area (Å²) in [5.74, 6) is 0.801. The zero-order chi connectivity index (χ0) is 8.27. The van der Waals surface area contributed by atoms with Gasteiger partial charge in [-0.2, -0.15) is 0 Å². The van der Waals surface area contributed by atoms with Gasteiger partial charge in [0.15, 0.2) is 0 Å². The van der Waals surface area contributed by atoms with Crippen LogP contribution < -0.4 is 0 Å². The first-order valence-electron chi connectivity index (χ1n) is 4.52. The van der Waals surface area contributed by atoms with Crippen molar-refractivity contribution in [2.24, 2.45) is 5.92 Å². The summed E-state index contributed by atoms with van der Waals surface area (Å²) in [7, 11) is 0. The smallest absolute Gasteiger partial charge is 0.0784 e. The van der Waals surface area contributed by atoms with Gasteiger partial charge < -0.3 is 4.74 Å². The molecule has 0 heterocycles. The van der Waals surface area contributed by atoms with Gasteiger partial charge in [-0.3, -0.25) is 0 Å². The predicted molar refractivity (Wildman–Crippen MR) is 47.6 cm³/mol. The molecule has 0 aromatic rings. The Hall–Kier alpha value is -0.300. The van der Waals surface area contributed by atoms with Gasteiger partial charge >= 0.3 is 0 Å². The van der Waals surface area contributed by atoms with Crippen molar-refractivity contribution in [1.29, 1.82) is 0 Å². The average molecular weight is 154 g/mol. The topological polar surface area (TPSA) is 9.23 Å². The lowest BCUT2D eigenvalue weighted by atomic mass is 9.89. The molecule has 1 aliphatic carbocycles. The molecule has 0 radical (unpaired) electrons. The van der Waals surface area contributed by atoms with E-state index in [1.165, 1.54) is 18.4 Å². The second-order valence-corrected chi connectivity index (χ2v) is 3.47. The lowest BCUT2D eigenvalue weighted by Crippen LogP contribution is -2.21. The molecule has 0 N–H and O–H groups in total. The molecular formula is C10H18O. The summed E-state index contributed by atoms with van der Waals surface area (Å²) < 4.78 is 5.60. The van der Waals surface area contributed by atoms with Crippen molar-refractivity contribution in [3.63, 3.8) is 0 Å². The van der Waals surface area contributed by atoms with E-state index in [2.05, 4.69) is 26.8 Å². The molecule has 0 aromatic carbocycles. The SMILES string of the molecule is CCOC1CC(C)CC=C1C. The van der Waals surface area contributed by atoms with E-state index in [1.807, 2.05) is 0 Å². The standard InChI is InChI=1S/C10H18O/c1-4-11-10-7-8(2)5-6-9(10)3/h6,8,10H,4-5,7H2,1-3H3. The fourth-order valence-electron chi connectivity index (χ4n) is 1.57. The van der Waals surface area contributed by atoms with Gasteiger partial charge in [0.2, 0.25) is 0 Å². The predicted octanol–water partition coefficient (Wildman–Crippen LogP) is 2.77. The molecule has 0 aromatic heterocycles. The Kier molecular flexibility index (Phi) is 3.13. The quantitative estimate of drug-likeness (QED) is 0.556. The maximum absolute atomic E-state index is 5.60. The lowest BCUT2D eigenvalue weighted by Gasteiger charge is -2.25. The van der Waals surface area contributed by atoms with Crippen molar-refractivity contribution in [2.75, 3.05) is 6.61 Å². The Bertz CT molecular complexity index is 149. The third-order valence-electron chi connectivity index (χ3n) is 2.33. The van der Waals surface area contributed by atoms with Crippen LogP contribution >= 0.6 is 0 Å². The highest BCUT2D eigenvalue weighted by molar-refractivity contribution is 5.09. The highest BCUT2D eigenvalue weighted by Gasteiger charge is 2.18. The molecule has 0 saturated heterocycles. The van der Waals surface area contributed by atoms with Gasteiger partial charge in [0.05, 0.1) is 6.10 Å². The van der Waals surface area contributed by atoms with E-state index in [1.54, 1.807) is 0 Å². The fourth-order valence-corrected chi connectivity index (χ4v) is 1.57. The van der Waals surface area contributed by atoms with Crippen LogP contribution in [0.2, 0.25) is 0 Å². The molecule has 0 aliphatic heterocycles. The van der Waals surface area contributed by atoms with Crippen LogP contribution in [0, 0.1) is 5.92 Å². The Labute approximate surface area is 69.4 Å². The summed E-state index contributed by atoms with van der Waals surface area (Å²) in [6.07, 6.45) is 5.16. The van der Waals surface area contributed by atoms with E-state index in [9.17, 15) is 0 Å². The van der Waals surface area contributed by atoms with E-state index >= 15 is 0 Å². The molecule has 1 heteroatoms. The normalized spacial score (nSPS) is 31.7. The number of ether oxygens (including phenoxy) is 1. The molecule has 2 atom stereocenters. The van der Waals surface area contributed by atoms with Crippen LogP contribution in [0.4, 0.5) is 0 Å². The second-order valence-electron chi connectivity index (χ2n) is 3.47. The van der Waals surface area contributed by atoms with Gasteiger partial charge in [-0.15, -0.1) is 0 Å². The summed E-state index contributed by atoms with van der Waals surface area (Å²) in [6, 6.07) is 0. The van der Waals surface area contributed by atoms with Gasteiger partial charge in [0.25, 0.3) is 0 Å². The van der Waals surface area contributed by atoms with Crippen molar-refractivity contribution in [2.45, 2.75) is 39.7 Å². The highest BCUT2D eigenvalue weighted by atomic mass is 16.5. The number of hydrogen-bond donors (Lipinski definition) is 0.